The van der Waals surface area contributed by atoms with Gasteiger partial charge in [-0.05, 0) is 62.7 Å². The molecular weight excluding hydrogens is 376 g/mol. The van der Waals surface area contributed by atoms with Crippen LogP contribution in [0.5, 0.6) is 0 Å². The van der Waals surface area contributed by atoms with E-state index in [4.69, 9.17) is 11.6 Å². The second kappa shape index (κ2) is 9.21. The van der Waals surface area contributed by atoms with Crippen molar-refractivity contribution in [3.63, 3.8) is 0 Å². The molecule has 3 N–H and O–H groups in total. The van der Waals surface area contributed by atoms with E-state index in [0.29, 0.717) is 17.8 Å². The third-order valence-electron chi connectivity index (χ3n) is 4.29. The molecule has 3 rings (SSSR count). The van der Waals surface area contributed by atoms with Crippen LogP contribution < -0.4 is 16.0 Å². The maximum absolute atomic E-state index is 13.1. The molecule has 2 aromatic rings. The van der Waals surface area contributed by atoms with Crippen LogP contribution in [0.1, 0.15) is 30.1 Å². The van der Waals surface area contributed by atoms with Gasteiger partial charge >= 0.3 is 0 Å². The molecule has 0 saturated carbocycles. The van der Waals surface area contributed by atoms with Gasteiger partial charge < -0.3 is 16.0 Å². The lowest BCUT2D eigenvalue weighted by atomic mass is 10.0. The van der Waals surface area contributed by atoms with E-state index in [9.17, 15) is 9.18 Å². The number of anilines is 2. The van der Waals surface area contributed by atoms with Crippen molar-refractivity contribution >= 4 is 41.3 Å². The molecule has 0 aromatic heterocycles. The first-order chi connectivity index (χ1) is 12.0. The number of amides is 1. The van der Waals surface area contributed by atoms with Gasteiger partial charge in [0.2, 0.25) is 0 Å². The molecule has 0 aliphatic carbocycles. The normalized spacial score (nSPS) is 19.3. The summed E-state index contributed by atoms with van der Waals surface area (Å²) < 4.78 is 13.1. The Morgan fingerprint density at radius 3 is 2.73 bits per heavy atom. The number of nitrogens with one attached hydrogen (secondary N) is 3. The van der Waals surface area contributed by atoms with E-state index in [2.05, 4.69) is 22.9 Å². The third-order valence-corrected chi connectivity index (χ3v) is 4.60. The van der Waals surface area contributed by atoms with E-state index in [-0.39, 0.29) is 28.9 Å². The summed E-state index contributed by atoms with van der Waals surface area (Å²) in [4.78, 5) is 12.3. The molecule has 1 fully saturated rings. The Morgan fingerprint density at radius 1 is 1.23 bits per heavy atom. The summed E-state index contributed by atoms with van der Waals surface area (Å²) in [6.45, 7) is 3.18. The monoisotopic (exact) mass is 397 g/mol. The SMILES string of the molecule is C[C@@H]1C[C@H](Nc2cccc(NC(=O)c3ccc(F)cc3Cl)c2)CCN1.Cl. The van der Waals surface area contributed by atoms with Crippen molar-refractivity contribution in [2.75, 3.05) is 17.2 Å². The number of carbonyl (C=O) groups is 1. The summed E-state index contributed by atoms with van der Waals surface area (Å²) in [6.07, 6.45) is 2.12. The highest BCUT2D eigenvalue weighted by Crippen LogP contribution is 2.22. The van der Waals surface area contributed by atoms with Crippen LogP contribution in [0.2, 0.25) is 5.02 Å². The Hall–Kier alpha value is -1.82. The molecule has 4 nitrogen and oxygen atoms in total. The number of hydrogen-bond donors (Lipinski definition) is 3. The van der Waals surface area contributed by atoms with Crippen LogP contribution in [0.4, 0.5) is 15.8 Å². The van der Waals surface area contributed by atoms with E-state index in [1.165, 1.54) is 12.1 Å². The molecule has 2 atom stereocenters. The molecular formula is C19H22Cl2FN3O. The Kier molecular flexibility index (Phi) is 7.26. The highest BCUT2D eigenvalue weighted by molar-refractivity contribution is 6.34. The largest absolute Gasteiger partial charge is 0.382 e. The third kappa shape index (κ3) is 5.34. The highest BCUT2D eigenvalue weighted by Gasteiger charge is 2.18. The molecule has 7 heteroatoms. The number of halogens is 3. The maximum Gasteiger partial charge on any atom is 0.257 e. The van der Waals surface area contributed by atoms with Gasteiger partial charge in [-0.25, -0.2) is 4.39 Å². The number of piperidine rings is 1. The van der Waals surface area contributed by atoms with E-state index in [1.807, 2.05) is 24.3 Å². The minimum absolute atomic E-state index is 0. The molecule has 1 aliphatic rings. The number of hydrogen-bond acceptors (Lipinski definition) is 3. The smallest absolute Gasteiger partial charge is 0.257 e. The Morgan fingerprint density at radius 2 is 2.00 bits per heavy atom. The molecule has 26 heavy (non-hydrogen) atoms. The van der Waals surface area contributed by atoms with Crippen molar-refractivity contribution in [2.24, 2.45) is 0 Å². The lowest BCUT2D eigenvalue weighted by Crippen LogP contribution is -2.41. The predicted molar refractivity (Wildman–Crippen MR) is 107 cm³/mol. The summed E-state index contributed by atoms with van der Waals surface area (Å²) >= 11 is 5.95. The molecule has 1 amide bonds. The number of carbonyl (C=O) groups excluding carboxylic acids is 1. The fraction of sp³-hybridized carbons (Fsp3) is 0.316. The van der Waals surface area contributed by atoms with Crippen LogP contribution in [0, 0.1) is 5.82 Å². The lowest BCUT2D eigenvalue weighted by Gasteiger charge is -2.29. The Bertz CT molecular complexity index is 772. The first kappa shape index (κ1) is 20.5. The molecule has 0 spiro atoms. The molecule has 0 bridgehead atoms. The highest BCUT2D eigenvalue weighted by atomic mass is 35.5. The van der Waals surface area contributed by atoms with Gasteiger partial charge in [0.15, 0.2) is 0 Å². The summed E-state index contributed by atoms with van der Waals surface area (Å²) in [6, 6.07) is 12.2. The summed E-state index contributed by atoms with van der Waals surface area (Å²) in [5.74, 6) is -0.832. The van der Waals surface area contributed by atoms with E-state index < -0.39 is 5.82 Å². The van der Waals surface area contributed by atoms with Crippen molar-refractivity contribution in [3.8, 4) is 0 Å². The van der Waals surface area contributed by atoms with Crippen LogP contribution in [-0.2, 0) is 0 Å². The predicted octanol–water partition coefficient (Wildman–Crippen LogP) is 4.71. The zero-order valence-corrected chi connectivity index (χ0v) is 16.0. The van der Waals surface area contributed by atoms with E-state index in [0.717, 1.165) is 31.1 Å². The standard InChI is InChI=1S/C19H21ClFN3O.ClH/c1-12-9-16(7-8-22-12)23-14-3-2-4-15(11-14)24-19(25)17-6-5-13(21)10-18(17)20;/h2-6,10-12,16,22-23H,7-9H2,1H3,(H,24,25);1H/t12-,16-;/m1./s1. The molecule has 2 aromatic carbocycles. The van der Waals surface area contributed by atoms with E-state index >= 15 is 0 Å². The summed E-state index contributed by atoms with van der Waals surface area (Å²) in [5.41, 5.74) is 1.87. The first-order valence-electron chi connectivity index (χ1n) is 8.37. The van der Waals surface area contributed by atoms with Gasteiger partial charge in [-0.1, -0.05) is 17.7 Å². The minimum atomic E-state index is -0.469. The Labute approximate surface area is 163 Å². The molecule has 1 saturated heterocycles. The van der Waals surface area contributed by atoms with Crippen LogP contribution in [0.3, 0.4) is 0 Å². The molecule has 1 aliphatic heterocycles. The van der Waals surface area contributed by atoms with Gasteiger partial charge in [0.25, 0.3) is 5.91 Å². The molecule has 0 unspecified atom stereocenters. The van der Waals surface area contributed by atoms with Crippen LogP contribution in [0.25, 0.3) is 0 Å². The van der Waals surface area contributed by atoms with Gasteiger partial charge in [0.1, 0.15) is 5.82 Å². The van der Waals surface area contributed by atoms with Crippen LogP contribution >= 0.6 is 24.0 Å². The second-order valence-corrected chi connectivity index (χ2v) is 6.79. The average Bonchev–Trinajstić information content (AvgIpc) is 2.55. The maximum atomic E-state index is 13.1. The molecule has 140 valence electrons. The van der Waals surface area contributed by atoms with Crippen LogP contribution in [0.15, 0.2) is 42.5 Å². The quantitative estimate of drug-likeness (QED) is 0.700. The second-order valence-electron chi connectivity index (χ2n) is 6.38. The number of benzene rings is 2. The summed E-state index contributed by atoms with van der Waals surface area (Å²) in [7, 11) is 0. The molecule has 0 radical (unpaired) electrons. The lowest BCUT2D eigenvalue weighted by molar-refractivity contribution is 0.102. The first-order valence-corrected chi connectivity index (χ1v) is 8.75. The zero-order valence-electron chi connectivity index (χ0n) is 14.4. The fourth-order valence-electron chi connectivity index (χ4n) is 3.06. The summed E-state index contributed by atoms with van der Waals surface area (Å²) in [5, 5.41) is 9.84. The average molecular weight is 398 g/mol. The van der Waals surface area contributed by atoms with Crippen molar-refractivity contribution in [3.05, 3.63) is 58.9 Å². The van der Waals surface area contributed by atoms with Gasteiger partial charge in [-0.2, -0.15) is 0 Å². The van der Waals surface area contributed by atoms with Gasteiger partial charge in [0.05, 0.1) is 10.6 Å². The van der Waals surface area contributed by atoms with Crippen LogP contribution in [-0.4, -0.2) is 24.5 Å². The minimum Gasteiger partial charge on any atom is -0.382 e. The fourth-order valence-corrected chi connectivity index (χ4v) is 3.31. The van der Waals surface area contributed by atoms with Crippen molar-refractivity contribution in [1.29, 1.82) is 0 Å². The van der Waals surface area contributed by atoms with Gasteiger partial charge in [0, 0.05) is 23.5 Å². The van der Waals surface area contributed by atoms with Gasteiger partial charge in [-0.3, -0.25) is 4.79 Å². The van der Waals surface area contributed by atoms with E-state index in [1.54, 1.807) is 0 Å². The Balaban J connectivity index is 0.00000243. The van der Waals surface area contributed by atoms with Gasteiger partial charge in [-0.15, -0.1) is 12.4 Å². The van der Waals surface area contributed by atoms with Crippen molar-refractivity contribution < 1.29 is 9.18 Å². The van der Waals surface area contributed by atoms with Crippen molar-refractivity contribution in [2.45, 2.75) is 31.8 Å². The topological polar surface area (TPSA) is 53.2 Å². The van der Waals surface area contributed by atoms with Crippen molar-refractivity contribution in [1.82, 2.24) is 5.32 Å². The number of rotatable bonds is 4. The zero-order chi connectivity index (χ0) is 17.8. The molecule has 1 heterocycles.